The molecular weight excluding hydrogens is 370 g/mol. The summed E-state index contributed by atoms with van der Waals surface area (Å²) in [4.78, 5) is 37.0. The van der Waals surface area contributed by atoms with E-state index in [1.165, 1.54) is 7.11 Å². The van der Waals surface area contributed by atoms with Gasteiger partial charge in [0.25, 0.3) is 0 Å². The highest BCUT2D eigenvalue weighted by Gasteiger charge is 2.14. The number of methoxy groups -OCH3 is 1. The maximum Gasteiger partial charge on any atom is 0.337 e. The molecule has 0 fully saturated rings. The molecule has 29 heavy (non-hydrogen) atoms. The van der Waals surface area contributed by atoms with Crippen molar-refractivity contribution in [2.24, 2.45) is 0 Å². The molecule has 152 valence electrons. The number of aromatic nitrogens is 2. The normalized spacial score (nSPS) is 10.9. The van der Waals surface area contributed by atoms with Crippen LogP contribution in [0, 0.1) is 6.92 Å². The number of hydrogen-bond donors (Lipinski definition) is 1. The number of amides is 1. The van der Waals surface area contributed by atoms with Crippen LogP contribution in [0.3, 0.4) is 0 Å². The number of aryl methyl sites for hydroxylation is 3. The Kier molecular flexibility index (Phi) is 6.16. The monoisotopic (exact) mass is 395 g/mol. The molecule has 3 rings (SSSR count). The molecule has 0 aliphatic carbocycles. The Labute approximate surface area is 168 Å². The van der Waals surface area contributed by atoms with Crippen molar-refractivity contribution in [3.05, 3.63) is 64.1 Å². The summed E-state index contributed by atoms with van der Waals surface area (Å²) in [5, 5.41) is 2.83. The summed E-state index contributed by atoms with van der Waals surface area (Å²) in [7, 11) is 1.31. The number of benzene rings is 2. The van der Waals surface area contributed by atoms with Gasteiger partial charge in [-0.1, -0.05) is 25.1 Å². The van der Waals surface area contributed by atoms with Crippen molar-refractivity contribution in [2.75, 3.05) is 12.4 Å². The quantitative estimate of drug-likeness (QED) is 0.622. The highest BCUT2D eigenvalue weighted by atomic mass is 16.5. The number of carbonyl (C=O) groups excluding carboxylic acids is 2. The van der Waals surface area contributed by atoms with Gasteiger partial charge in [-0.15, -0.1) is 0 Å². The van der Waals surface area contributed by atoms with Crippen molar-refractivity contribution in [3.8, 4) is 0 Å². The zero-order valence-corrected chi connectivity index (χ0v) is 16.9. The maximum atomic E-state index is 12.8. The first kappa shape index (κ1) is 20.4. The van der Waals surface area contributed by atoms with E-state index < -0.39 is 5.97 Å². The summed E-state index contributed by atoms with van der Waals surface area (Å²) in [5.41, 5.74) is 3.35. The minimum Gasteiger partial charge on any atom is -0.465 e. The van der Waals surface area contributed by atoms with Gasteiger partial charge >= 0.3 is 11.7 Å². The predicted octanol–water partition coefficient (Wildman–Crippen LogP) is 3.34. The summed E-state index contributed by atoms with van der Waals surface area (Å²) in [6, 6.07) is 12.6. The molecule has 0 radical (unpaired) electrons. The average molecular weight is 395 g/mol. The van der Waals surface area contributed by atoms with Crippen molar-refractivity contribution >= 4 is 28.6 Å². The SMILES string of the molecule is CCCn1c(=O)n(CCC(=O)Nc2cc(C(=O)OC)ccc2C)c2ccccc21. The molecule has 0 saturated carbocycles. The Bertz CT molecular complexity index is 1110. The number of esters is 1. The van der Waals surface area contributed by atoms with Crippen molar-refractivity contribution < 1.29 is 14.3 Å². The van der Waals surface area contributed by atoms with Crippen molar-refractivity contribution in [1.82, 2.24) is 9.13 Å². The Morgan fingerprint density at radius 3 is 2.31 bits per heavy atom. The smallest absolute Gasteiger partial charge is 0.337 e. The number of imidazole rings is 1. The number of anilines is 1. The Morgan fingerprint density at radius 2 is 1.69 bits per heavy atom. The van der Waals surface area contributed by atoms with Crippen LogP contribution in [0.1, 0.15) is 35.7 Å². The van der Waals surface area contributed by atoms with Crippen LogP contribution in [0.2, 0.25) is 0 Å². The van der Waals surface area contributed by atoms with Gasteiger partial charge in [-0.25, -0.2) is 9.59 Å². The molecule has 1 heterocycles. The highest BCUT2D eigenvalue weighted by Crippen LogP contribution is 2.18. The lowest BCUT2D eigenvalue weighted by atomic mass is 10.1. The van der Waals surface area contributed by atoms with Crippen LogP contribution >= 0.6 is 0 Å². The lowest BCUT2D eigenvalue weighted by molar-refractivity contribution is -0.116. The lowest BCUT2D eigenvalue weighted by Gasteiger charge is -2.10. The second kappa shape index (κ2) is 8.77. The second-order valence-electron chi connectivity index (χ2n) is 6.89. The number of hydrogen-bond acceptors (Lipinski definition) is 4. The van der Waals surface area contributed by atoms with Gasteiger partial charge in [0.1, 0.15) is 0 Å². The average Bonchev–Trinajstić information content (AvgIpc) is 2.99. The molecule has 1 aromatic heterocycles. The van der Waals surface area contributed by atoms with Crippen molar-refractivity contribution in [3.63, 3.8) is 0 Å². The summed E-state index contributed by atoms with van der Waals surface area (Å²) < 4.78 is 8.11. The topological polar surface area (TPSA) is 82.3 Å². The number of para-hydroxylation sites is 2. The number of ether oxygens (including phenoxy) is 1. The van der Waals surface area contributed by atoms with E-state index in [-0.39, 0.29) is 24.6 Å². The van der Waals surface area contributed by atoms with Gasteiger partial charge in [-0.05, 0) is 43.2 Å². The van der Waals surface area contributed by atoms with Gasteiger partial charge in [0.15, 0.2) is 0 Å². The van der Waals surface area contributed by atoms with E-state index in [4.69, 9.17) is 4.74 Å². The van der Waals surface area contributed by atoms with E-state index >= 15 is 0 Å². The molecule has 0 unspecified atom stereocenters. The van der Waals surface area contributed by atoms with Gasteiger partial charge in [-0.2, -0.15) is 0 Å². The first-order valence-electron chi connectivity index (χ1n) is 9.63. The zero-order chi connectivity index (χ0) is 21.0. The molecule has 7 nitrogen and oxygen atoms in total. The molecule has 0 spiro atoms. The molecule has 2 aromatic carbocycles. The summed E-state index contributed by atoms with van der Waals surface area (Å²) in [6.07, 6.45) is 0.992. The molecule has 1 amide bonds. The van der Waals surface area contributed by atoms with Crippen LogP contribution in [0.5, 0.6) is 0 Å². The third-order valence-electron chi connectivity index (χ3n) is 4.87. The van der Waals surface area contributed by atoms with Crippen molar-refractivity contribution in [1.29, 1.82) is 0 Å². The highest BCUT2D eigenvalue weighted by molar-refractivity contribution is 5.95. The van der Waals surface area contributed by atoms with Crippen LogP contribution in [0.25, 0.3) is 11.0 Å². The third-order valence-corrected chi connectivity index (χ3v) is 4.87. The molecular formula is C22H25N3O4. The second-order valence-corrected chi connectivity index (χ2v) is 6.89. The van der Waals surface area contributed by atoms with E-state index in [1.54, 1.807) is 27.3 Å². The van der Waals surface area contributed by atoms with Gasteiger partial charge in [0.2, 0.25) is 5.91 Å². The molecule has 3 aromatic rings. The Hall–Kier alpha value is -3.35. The molecule has 0 bridgehead atoms. The summed E-state index contributed by atoms with van der Waals surface area (Å²) in [5.74, 6) is -0.690. The third kappa shape index (κ3) is 4.23. The first-order chi connectivity index (χ1) is 14.0. The van der Waals surface area contributed by atoms with E-state index in [0.717, 1.165) is 23.0 Å². The van der Waals surface area contributed by atoms with Gasteiger partial charge in [-0.3, -0.25) is 13.9 Å². The number of rotatable bonds is 7. The Balaban J connectivity index is 1.78. The van der Waals surface area contributed by atoms with Gasteiger partial charge in [0, 0.05) is 25.2 Å². The van der Waals surface area contributed by atoms with E-state index in [1.807, 2.05) is 38.1 Å². The Morgan fingerprint density at radius 1 is 1.03 bits per heavy atom. The minimum atomic E-state index is -0.462. The fourth-order valence-corrected chi connectivity index (χ4v) is 3.36. The summed E-state index contributed by atoms with van der Waals surface area (Å²) in [6.45, 7) is 4.78. The number of nitrogens with one attached hydrogen (secondary N) is 1. The summed E-state index contributed by atoms with van der Waals surface area (Å²) >= 11 is 0. The first-order valence-corrected chi connectivity index (χ1v) is 9.63. The zero-order valence-electron chi connectivity index (χ0n) is 16.9. The number of carbonyl (C=O) groups is 2. The molecule has 0 aliphatic rings. The van der Waals surface area contributed by atoms with Crippen LogP contribution < -0.4 is 11.0 Å². The van der Waals surface area contributed by atoms with Crippen LogP contribution in [-0.4, -0.2) is 28.1 Å². The molecule has 0 aliphatic heterocycles. The van der Waals surface area contributed by atoms with Gasteiger partial charge in [0.05, 0.1) is 23.7 Å². The van der Waals surface area contributed by atoms with Crippen LogP contribution in [-0.2, 0) is 22.6 Å². The molecule has 1 N–H and O–H groups in total. The molecule has 0 saturated heterocycles. The predicted molar refractivity (Wildman–Crippen MR) is 112 cm³/mol. The van der Waals surface area contributed by atoms with E-state index in [9.17, 15) is 14.4 Å². The molecule has 0 atom stereocenters. The largest absolute Gasteiger partial charge is 0.465 e. The lowest BCUT2D eigenvalue weighted by Crippen LogP contribution is -2.26. The number of fused-ring (bicyclic) bond motifs is 1. The maximum absolute atomic E-state index is 12.8. The number of nitrogens with zero attached hydrogens (tertiary/aromatic N) is 2. The van der Waals surface area contributed by atoms with Crippen molar-refractivity contribution in [2.45, 2.75) is 39.8 Å². The minimum absolute atomic E-state index is 0.107. The van der Waals surface area contributed by atoms with Crippen LogP contribution in [0.15, 0.2) is 47.3 Å². The van der Waals surface area contributed by atoms with E-state index in [0.29, 0.717) is 17.8 Å². The van der Waals surface area contributed by atoms with E-state index in [2.05, 4.69) is 5.32 Å². The molecule has 7 heteroatoms. The van der Waals surface area contributed by atoms with Gasteiger partial charge < -0.3 is 10.1 Å². The standard InChI is InChI=1S/C22H25N3O4/c1-4-12-24-18-7-5-6-8-19(18)25(22(24)28)13-11-20(26)23-17-14-16(21(27)29-3)10-9-15(17)2/h5-10,14H,4,11-13H2,1-3H3,(H,23,26). The van der Waals surface area contributed by atoms with Crippen LogP contribution in [0.4, 0.5) is 5.69 Å². The fraction of sp³-hybridized carbons (Fsp3) is 0.318. The fourth-order valence-electron chi connectivity index (χ4n) is 3.36.